The highest BCUT2D eigenvalue weighted by atomic mass is 79.9. The molecule has 0 saturated carbocycles. The summed E-state index contributed by atoms with van der Waals surface area (Å²) in [7, 11) is 0. The van der Waals surface area contributed by atoms with E-state index in [0.29, 0.717) is 11.8 Å². The maximum atomic E-state index is 4.62. The van der Waals surface area contributed by atoms with Crippen LogP contribution in [0.15, 0.2) is 4.47 Å². The van der Waals surface area contributed by atoms with Crippen LogP contribution in [-0.2, 0) is 13.0 Å². The molecule has 21 heavy (non-hydrogen) atoms. The van der Waals surface area contributed by atoms with Gasteiger partial charge in [0.25, 0.3) is 0 Å². The Hall–Kier alpha value is -0.350. The SMILES string of the molecule is CCn1nc(C)c(Br)c1CC(CNCC(C)C)CC(C)C. The number of halogens is 1. The van der Waals surface area contributed by atoms with Crippen molar-refractivity contribution in [2.45, 2.75) is 60.9 Å². The smallest absolute Gasteiger partial charge is 0.0738 e. The number of hydrogen-bond donors (Lipinski definition) is 1. The van der Waals surface area contributed by atoms with E-state index in [1.807, 2.05) is 0 Å². The Labute approximate surface area is 139 Å². The highest BCUT2D eigenvalue weighted by Crippen LogP contribution is 2.26. The molecule has 0 aliphatic carbocycles. The van der Waals surface area contributed by atoms with Gasteiger partial charge in [-0.05, 0) is 73.5 Å². The van der Waals surface area contributed by atoms with Crippen LogP contribution < -0.4 is 5.32 Å². The van der Waals surface area contributed by atoms with Crippen molar-refractivity contribution in [2.75, 3.05) is 13.1 Å². The minimum atomic E-state index is 0.668. The molecule has 1 aromatic rings. The van der Waals surface area contributed by atoms with Gasteiger partial charge in [-0.15, -0.1) is 0 Å². The molecule has 4 heteroatoms. The minimum absolute atomic E-state index is 0.668. The average Bonchev–Trinajstić information content (AvgIpc) is 2.65. The number of aromatic nitrogens is 2. The van der Waals surface area contributed by atoms with Crippen LogP contribution >= 0.6 is 15.9 Å². The second-order valence-electron chi connectivity index (χ2n) is 6.91. The molecule has 1 N–H and O–H groups in total. The summed E-state index contributed by atoms with van der Waals surface area (Å²) in [5.74, 6) is 2.11. The molecule has 1 rings (SSSR count). The van der Waals surface area contributed by atoms with Gasteiger partial charge in [-0.1, -0.05) is 27.7 Å². The number of hydrogen-bond acceptors (Lipinski definition) is 2. The van der Waals surface area contributed by atoms with Gasteiger partial charge in [0.2, 0.25) is 0 Å². The van der Waals surface area contributed by atoms with Crippen molar-refractivity contribution in [3.63, 3.8) is 0 Å². The summed E-state index contributed by atoms with van der Waals surface area (Å²) in [5, 5.41) is 8.25. The van der Waals surface area contributed by atoms with Gasteiger partial charge >= 0.3 is 0 Å². The van der Waals surface area contributed by atoms with Crippen LogP contribution in [0.4, 0.5) is 0 Å². The number of nitrogens with zero attached hydrogens (tertiary/aromatic N) is 2. The third-order valence-corrected chi connectivity index (χ3v) is 4.76. The van der Waals surface area contributed by atoms with Gasteiger partial charge in [-0.3, -0.25) is 4.68 Å². The van der Waals surface area contributed by atoms with Crippen molar-refractivity contribution in [1.82, 2.24) is 15.1 Å². The molecule has 0 saturated heterocycles. The summed E-state index contributed by atoms with van der Waals surface area (Å²) in [6.45, 7) is 16.5. The number of nitrogens with one attached hydrogen (secondary N) is 1. The van der Waals surface area contributed by atoms with E-state index in [1.54, 1.807) is 0 Å². The van der Waals surface area contributed by atoms with Gasteiger partial charge in [0.15, 0.2) is 0 Å². The zero-order valence-electron chi connectivity index (χ0n) is 14.5. The highest BCUT2D eigenvalue weighted by molar-refractivity contribution is 9.10. The van der Waals surface area contributed by atoms with Crippen LogP contribution in [0.1, 0.15) is 52.4 Å². The molecule has 1 unspecified atom stereocenters. The monoisotopic (exact) mass is 357 g/mol. The molecule has 3 nitrogen and oxygen atoms in total. The predicted molar refractivity (Wildman–Crippen MR) is 94.7 cm³/mol. The molecule has 122 valence electrons. The zero-order chi connectivity index (χ0) is 16.0. The van der Waals surface area contributed by atoms with Gasteiger partial charge in [0, 0.05) is 6.54 Å². The molecule has 0 amide bonds. The first kappa shape index (κ1) is 18.7. The molecule has 0 aromatic carbocycles. The van der Waals surface area contributed by atoms with Crippen molar-refractivity contribution >= 4 is 15.9 Å². The van der Waals surface area contributed by atoms with Gasteiger partial charge in [0.1, 0.15) is 0 Å². The summed E-state index contributed by atoms with van der Waals surface area (Å²) in [6.07, 6.45) is 2.35. The molecule has 0 spiro atoms. The molecule has 1 atom stereocenters. The molecular formula is C17H32BrN3. The molecule has 1 heterocycles. The number of rotatable bonds is 9. The van der Waals surface area contributed by atoms with E-state index >= 15 is 0 Å². The Morgan fingerprint density at radius 2 is 1.81 bits per heavy atom. The lowest BCUT2D eigenvalue weighted by Crippen LogP contribution is -2.29. The van der Waals surface area contributed by atoms with Crippen molar-refractivity contribution in [1.29, 1.82) is 0 Å². The first-order valence-corrected chi connectivity index (χ1v) is 9.06. The summed E-state index contributed by atoms with van der Waals surface area (Å²) in [5.41, 5.74) is 2.46. The van der Waals surface area contributed by atoms with Crippen LogP contribution in [0, 0.1) is 24.7 Å². The quantitative estimate of drug-likeness (QED) is 0.708. The van der Waals surface area contributed by atoms with Gasteiger partial charge in [-0.2, -0.15) is 5.10 Å². The minimum Gasteiger partial charge on any atom is -0.316 e. The summed E-state index contributed by atoms with van der Waals surface area (Å²) in [4.78, 5) is 0. The molecule has 0 radical (unpaired) electrons. The maximum absolute atomic E-state index is 4.62. The topological polar surface area (TPSA) is 29.9 Å². The molecule has 0 aliphatic heterocycles. The van der Waals surface area contributed by atoms with Crippen molar-refractivity contribution in [2.24, 2.45) is 17.8 Å². The summed E-state index contributed by atoms with van der Waals surface area (Å²) < 4.78 is 3.34. The first-order valence-electron chi connectivity index (χ1n) is 8.27. The predicted octanol–water partition coefficient (Wildman–Crippen LogP) is 4.42. The lowest BCUT2D eigenvalue weighted by molar-refractivity contribution is 0.368. The standard InChI is InChI=1S/C17H32BrN3/c1-7-21-16(17(18)14(6)20-21)9-15(8-12(2)3)11-19-10-13(4)5/h12-13,15,19H,7-11H2,1-6H3. The molecule has 0 aliphatic rings. The third kappa shape index (κ3) is 6.11. The van der Waals surface area contributed by atoms with Crippen LogP contribution in [0.25, 0.3) is 0 Å². The summed E-state index contributed by atoms with van der Waals surface area (Å²) >= 11 is 3.72. The summed E-state index contributed by atoms with van der Waals surface area (Å²) in [6, 6.07) is 0. The van der Waals surface area contributed by atoms with Crippen molar-refractivity contribution < 1.29 is 0 Å². The second-order valence-corrected chi connectivity index (χ2v) is 7.71. The third-order valence-electron chi connectivity index (χ3n) is 3.73. The van der Waals surface area contributed by atoms with Gasteiger partial charge in [0.05, 0.1) is 15.9 Å². The van der Waals surface area contributed by atoms with Crippen LogP contribution in [0.2, 0.25) is 0 Å². The van der Waals surface area contributed by atoms with E-state index in [1.165, 1.54) is 16.6 Å². The Morgan fingerprint density at radius 1 is 1.14 bits per heavy atom. The normalized spacial score (nSPS) is 13.4. The Kier molecular flexibility index (Phi) is 7.96. The van der Waals surface area contributed by atoms with E-state index in [0.717, 1.165) is 37.7 Å². The first-order chi connectivity index (χ1) is 9.85. The van der Waals surface area contributed by atoms with Gasteiger partial charge in [-0.25, -0.2) is 0 Å². The Morgan fingerprint density at radius 3 is 2.33 bits per heavy atom. The zero-order valence-corrected chi connectivity index (χ0v) is 16.1. The van der Waals surface area contributed by atoms with Crippen LogP contribution in [-0.4, -0.2) is 22.9 Å². The lowest BCUT2D eigenvalue weighted by atomic mass is 9.92. The average molecular weight is 358 g/mol. The van der Waals surface area contributed by atoms with E-state index in [9.17, 15) is 0 Å². The van der Waals surface area contributed by atoms with E-state index in [4.69, 9.17) is 0 Å². The van der Waals surface area contributed by atoms with E-state index < -0.39 is 0 Å². The molecule has 0 bridgehead atoms. The van der Waals surface area contributed by atoms with E-state index in [-0.39, 0.29) is 0 Å². The Balaban J connectivity index is 2.75. The van der Waals surface area contributed by atoms with Crippen molar-refractivity contribution in [3.8, 4) is 0 Å². The largest absolute Gasteiger partial charge is 0.316 e. The lowest BCUT2D eigenvalue weighted by Gasteiger charge is -2.21. The molecular weight excluding hydrogens is 326 g/mol. The van der Waals surface area contributed by atoms with Crippen molar-refractivity contribution in [3.05, 3.63) is 15.9 Å². The van der Waals surface area contributed by atoms with Crippen LogP contribution in [0.3, 0.4) is 0 Å². The second kappa shape index (κ2) is 8.94. The fraction of sp³-hybridized carbons (Fsp3) is 0.824. The fourth-order valence-electron chi connectivity index (χ4n) is 2.82. The molecule has 1 aromatic heterocycles. The van der Waals surface area contributed by atoms with Gasteiger partial charge < -0.3 is 5.32 Å². The fourth-order valence-corrected chi connectivity index (χ4v) is 3.26. The van der Waals surface area contributed by atoms with E-state index in [2.05, 4.69) is 72.6 Å². The Bertz CT molecular complexity index is 424. The molecule has 0 fully saturated rings. The number of aryl methyl sites for hydroxylation is 2. The highest BCUT2D eigenvalue weighted by Gasteiger charge is 2.18. The maximum Gasteiger partial charge on any atom is 0.0738 e. The van der Waals surface area contributed by atoms with Crippen LogP contribution in [0.5, 0.6) is 0 Å².